The predicted octanol–water partition coefficient (Wildman–Crippen LogP) is 2.97. The molecule has 0 amide bonds. The summed E-state index contributed by atoms with van der Waals surface area (Å²) >= 11 is 0. The molecule has 0 bridgehead atoms. The third kappa shape index (κ3) is 6.44. The van der Waals surface area contributed by atoms with E-state index in [1.54, 1.807) is 6.08 Å². The molecule has 0 aromatic heterocycles. The molecule has 1 aliphatic heterocycles. The Morgan fingerprint density at radius 1 is 1.25 bits per heavy atom. The molecule has 1 aliphatic rings. The highest BCUT2D eigenvalue weighted by Gasteiger charge is 2.18. The SMILES string of the molecule is CCCCCCN1CC(C(=O)O)=CC=C1CCCO.Cl. The van der Waals surface area contributed by atoms with Crippen molar-refractivity contribution in [2.45, 2.75) is 45.4 Å². The Hall–Kier alpha value is -1.00. The van der Waals surface area contributed by atoms with Crippen molar-refractivity contribution in [1.29, 1.82) is 0 Å². The summed E-state index contributed by atoms with van der Waals surface area (Å²) in [6.07, 6.45) is 9.84. The lowest BCUT2D eigenvalue weighted by molar-refractivity contribution is -0.132. The van der Waals surface area contributed by atoms with Crippen molar-refractivity contribution in [2.75, 3.05) is 19.7 Å². The van der Waals surface area contributed by atoms with Crippen molar-refractivity contribution in [3.05, 3.63) is 23.4 Å². The lowest BCUT2D eigenvalue weighted by Gasteiger charge is -2.30. The maximum Gasteiger partial charge on any atom is 0.333 e. The first-order valence-electron chi connectivity index (χ1n) is 7.17. The Morgan fingerprint density at radius 3 is 2.60 bits per heavy atom. The van der Waals surface area contributed by atoms with Crippen LogP contribution in [0.4, 0.5) is 0 Å². The molecule has 20 heavy (non-hydrogen) atoms. The van der Waals surface area contributed by atoms with Crippen molar-refractivity contribution >= 4 is 18.4 Å². The van der Waals surface area contributed by atoms with E-state index in [-0.39, 0.29) is 19.0 Å². The third-order valence-electron chi connectivity index (χ3n) is 3.39. The summed E-state index contributed by atoms with van der Waals surface area (Å²) in [5.41, 5.74) is 1.60. The lowest BCUT2D eigenvalue weighted by Crippen LogP contribution is -2.31. The van der Waals surface area contributed by atoms with Crippen molar-refractivity contribution < 1.29 is 15.0 Å². The first-order valence-corrected chi connectivity index (χ1v) is 7.17. The van der Waals surface area contributed by atoms with E-state index < -0.39 is 5.97 Å². The molecule has 0 spiro atoms. The minimum Gasteiger partial charge on any atom is -0.478 e. The Labute approximate surface area is 127 Å². The number of aliphatic hydroxyl groups is 1. The maximum absolute atomic E-state index is 11.0. The van der Waals surface area contributed by atoms with E-state index >= 15 is 0 Å². The summed E-state index contributed by atoms with van der Waals surface area (Å²) in [5, 5.41) is 18.0. The number of aliphatic carboxylic acids is 1. The lowest BCUT2D eigenvalue weighted by atomic mass is 10.1. The molecule has 2 N–H and O–H groups in total. The number of carboxylic acid groups (broad SMARTS) is 1. The minimum atomic E-state index is -0.837. The summed E-state index contributed by atoms with van der Waals surface area (Å²) in [5.74, 6) is -0.837. The van der Waals surface area contributed by atoms with Crippen LogP contribution in [-0.4, -0.2) is 40.8 Å². The second-order valence-corrected chi connectivity index (χ2v) is 4.96. The van der Waals surface area contributed by atoms with E-state index in [1.165, 1.54) is 19.3 Å². The number of allylic oxidation sites excluding steroid dienone is 3. The summed E-state index contributed by atoms with van der Waals surface area (Å²) in [6.45, 7) is 3.75. The molecule has 0 saturated heterocycles. The number of aliphatic hydroxyl groups excluding tert-OH is 1. The standard InChI is InChI=1S/C15H25NO3.ClH/c1-2-3-4-5-10-16-12-13(15(18)19)8-9-14(16)7-6-11-17;/h8-9,17H,2-7,10-12H2,1H3,(H,18,19);1H. The summed E-state index contributed by atoms with van der Waals surface area (Å²) in [4.78, 5) is 13.2. The number of nitrogens with zero attached hydrogens (tertiary/aromatic N) is 1. The van der Waals surface area contributed by atoms with E-state index in [4.69, 9.17) is 10.2 Å². The van der Waals surface area contributed by atoms with Crippen LogP contribution >= 0.6 is 12.4 Å². The molecular formula is C15H26ClNO3. The van der Waals surface area contributed by atoms with Gasteiger partial charge in [-0.2, -0.15) is 0 Å². The van der Waals surface area contributed by atoms with Gasteiger partial charge in [0.15, 0.2) is 0 Å². The Morgan fingerprint density at radius 2 is 2.00 bits per heavy atom. The fourth-order valence-corrected chi connectivity index (χ4v) is 2.25. The van der Waals surface area contributed by atoms with Gasteiger partial charge in [0.2, 0.25) is 0 Å². The van der Waals surface area contributed by atoms with Crippen LogP contribution in [0.2, 0.25) is 0 Å². The zero-order valence-corrected chi connectivity index (χ0v) is 13.0. The number of halogens is 1. The van der Waals surface area contributed by atoms with Crippen molar-refractivity contribution in [2.24, 2.45) is 0 Å². The van der Waals surface area contributed by atoms with Gasteiger partial charge in [0, 0.05) is 25.4 Å². The monoisotopic (exact) mass is 303 g/mol. The normalized spacial score (nSPS) is 14.4. The highest BCUT2D eigenvalue weighted by Crippen LogP contribution is 2.20. The van der Waals surface area contributed by atoms with Gasteiger partial charge in [-0.3, -0.25) is 0 Å². The molecule has 1 heterocycles. The molecule has 116 valence electrons. The predicted molar refractivity (Wildman–Crippen MR) is 83.1 cm³/mol. The van der Waals surface area contributed by atoms with Gasteiger partial charge >= 0.3 is 5.97 Å². The van der Waals surface area contributed by atoms with E-state index in [1.807, 2.05) is 6.08 Å². The average Bonchev–Trinajstić information content (AvgIpc) is 2.41. The summed E-state index contributed by atoms with van der Waals surface area (Å²) in [7, 11) is 0. The number of unbranched alkanes of at least 4 members (excludes halogenated alkanes) is 3. The first kappa shape index (κ1) is 19.0. The quantitative estimate of drug-likeness (QED) is 0.643. The van der Waals surface area contributed by atoms with E-state index in [0.717, 1.165) is 31.5 Å². The van der Waals surface area contributed by atoms with Crippen LogP contribution in [0.15, 0.2) is 23.4 Å². The van der Waals surface area contributed by atoms with E-state index in [9.17, 15) is 4.79 Å². The minimum absolute atomic E-state index is 0. The van der Waals surface area contributed by atoms with Gasteiger partial charge < -0.3 is 15.1 Å². The molecule has 0 atom stereocenters. The number of hydrogen-bond acceptors (Lipinski definition) is 3. The molecule has 0 aromatic carbocycles. The largest absolute Gasteiger partial charge is 0.478 e. The van der Waals surface area contributed by atoms with Crippen LogP contribution in [-0.2, 0) is 4.79 Å². The van der Waals surface area contributed by atoms with Gasteiger partial charge in [0.1, 0.15) is 0 Å². The summed E-state index contributed by atoms with van der Waals surface area (Å²) in [6, 6.07) is 0. The van der Waals surface area contributed by atoms with Gasteiger partial charge in [-0.15, -0.1) is 12.4 Å². The number of carboxylic acids is 1. The van der Waals surface area contributed by atoms with Crippen molar-refractivity contribution in [3.8, 4) is 0 Å². The van der Waals surface area contributed by atoms with Gasteiger partial charge in [-0.25, -0.2) is 4.79 Å². The van der Waals surface area contributed by atoms with Gasteiger partial charge in [-0.05, 0) is 31.4 Å². The molecule has 0 aromatic rings. The molecule has 0 saturated carbocycles. The second-order valence-electron chi connectivity index (χ2n) is 4.96. The molecule has 0 unspecified atom stereocenters. The van der Waals surface area contributed by atoms with E-state index in [2.05, 4.69) is 11.8 Å². The zero-order chi connectivity index (χ0) is 14.1. The fraction of sp³-hybridized carbons (Fsp3) is 0.667. The van der Waals surface area contributed by atoms with Crippen LogP contribution < -0.4 is 0 Å². The highest BCUT2D eigenvalue weighted by molar-refractivity contribution is 5.87. The Balaban J connectivity index is 0.00000361. The van der Waals surface area contributed by atoms with Gasteiger partial charge in [0.25, 0.3) is 0 Å². The smallest absolute Gasteiger partial charge is 0.333 e. The molecule has 5 heteroatoms. The maximum atomic E-state index is 11.0. The Kier molecular flexibility index (Phi) is 10.2. The average molecular weight is 304 g/mol. The molecule has 0 fully saturated rings. The van der Waals surface area contributed by atoms with Gasteiger partial charge in [0.05, 0.1) is 5.57 Å². The fourth-order valence-electron chi connectivity index (χ4n) is 2.25. The molecular weight excluding hydrogens is 278 g/mol. The highest BCUT2D eigenvalue weighted by atomic mass is 35.5. The molecule has 0 radical (unpaired) electrons. The van der Waals surface area contributed by atoms with Crippen LogP contribution in [0.3, 0.4) is 0 Å². The Bertz CT molecular complexity index is 353. The summed E-state index contributed by atoms with van der Waals surface area (Å²) < 4.78 is 0. The molecule has 1 rings (SSSR count). The van der Waals surface area contributed by atoms with Crippen LogP contribution in [0.25, 0.3) is 0 Å². The zero-order valence-electron chi connectivity index (χ0n) is 12.2. The van der Waals surface area contributed by atoms with Crippen LogP contribution in [0, 0.1) is 0 Å². The second kappa shape index (κ2) is 10.7. The number of rotatable bonds is 9. The van der Waals surface area contributed by atoms with E-state index in [0.29, 0.717) is 12.1 Å². The first-order chi connectivity index (χ1) is 9.19. The molecule has 0 aliphatic carbocycles. The van der Waals surface area contributed by atoms with Crippen LogP contribution in [0.5, 0.6) is 0 Å². The third-order valence-corrected chi connectivity index (χ3v) is 3.39. The van der Waals surface area contributed by atoms with Crippen LogP contribution in [0.1, 0.15) is 45.4 Å². The van der Waals surface area contributed by atoms with Gasteiger partial charge in [-0.1, -0.05) is 26.2 Å². The van der Waals surface area contributed by atoms with Crippen molar-refractivity contribution in [1.82, 2.24) is 4.90 Å². The number of hydrogen-bond donors (Lipinski definition) is 2. The topological polar surface area (TPSA) is 60.8 Å². The van der Waals surface area contributed by atoms with Crippen molar-refractivity contribution in [3.63, 3.8) is 0 Å². The number of carbonyl (C=O) groups is 1. The molecule has 4 nitrogen and oxygen atoms in total.